The third-order valence-electron chi connectivity index (χ3n) is 6.21. The number of nitrogens with one attached hydrogen (secondary N) is 1. The SMILES string of the molecule is CCCCCCN1CC[C@](C)(c2ccc(CNCC)c(O)c2)[C@@H](C)C1. The number of rotatable bonds is 9. The second-order valence-corrected chi connectivity index (χ2v) is 8.05. The lowest BCUT2D eigenvalue weighted by molar-refractivity contribution is 0.109. The molecule has 2 N–H and O–H groups in total. The summed E-state index contributed by atoms with van der Waals surface area (Å²) < 4.78 is 0. The van der Waals surface area contributed by atoms with E-state index in [2.05, 4.69) is 50.0 Å². The van der Waals surface area contributed by atoms with E-state index in [0.717, 1.165) is 18.7 Å². The molecule has 0 aromatic heterocycles. The molecule has 3 heteroatoms. The van der Waals surface area contributed by atoms with Gasteiger partial charge in [-0.1, -0.05) is 59.1 Å². The van der Waals surface area contributed by atoms with Crippen LogP contribution in [-0.4, -0.2) is 36.2 Å². The highest BCUT2D eigenvalue weighted by atomic mass is 16.3. The van der Waals surface area contributed by atoms with Gasteiger partial charge in [-0.25, -0.2) is 0 Å². The summed E-state index contributed by atoms with van der Waals surface area (Å²) in [5, 5.41) is 13.7. The third kappa shape index (κ3) is 5.21. The molecule has 1 heterocycles. The van der Waals surface area contributed by atoms with Crippen LogP contribution in [0.15, 0.2) is 18.2 Å². The molecule has 2 rings (SSSR count). The van der Waals surface area contributed by atoms with Gasteiger partial charge in [0.2, 0.25) is 0 Å². The number of hydrogen-bond acceptors (Lipinski definition) is 3. The molecule has 1 fully saturated rings. The van der Waals surface area contributed by atoms with Crippen molar-refractivity contribution in [3.8, 4) is 5.75 Å². The highest BCUT2D eigenvalue weighted by Crippen LogP contribution is 2.40. The van der Waals surface area contributed by atoms with Gasteiger partial charge >= 0.3 is 0 Å². The van der Waals surface area contributed by atoms with Crippen LogP contribution in [0.4, 0.5) is 0 Å². The van der Waals surface area contributed by atoms with Gasteiger partial charge < -0.3 is 15.3 Å². The predicted molar refractivity (Wildman–Crippen MR) is 107 cm³/mol. The lowest BCUT2D eigenvalue weighted by Gasteiger charge is -2.45. The van der Waals surface area contributed by atoms with Crippen molar-refractivity contribution in [2.24, 2.45) is 5.92 Å². The van der Waals surface area contributed by atoms with Gasteiger partial charge in [0.25, 0.3) is 0 Å². The molecule has 3 nitrogen and oxygen atoms in total. The van der Waals surface area contributed by atoms with Crippen LogP contribution in [0, 0.1) is 5.92 Å². The van der Waals surface area contributed by atoms with Crippen molar-refractivity contribution in [2.75, 3.05) is 26.2 Å². The number of likely N-dealkylation sites (tertiary alicyclic amines) is 1. The first kappa shape index (κ1) is 20.3. The molecular weight excluding hydrogens is 308 g/mol. The Morgan fingerprint density at radius 3 is 2.68 bits per heavy atom. The smallest absolute Gasteiger partial charge is 0.120 e. The first-order valence-corrected chi connectivity index (χ1v) is 10.3. The number of nitrogens with zero attached hydrogens (tertiary/aromatic N) is 1. The number of unbranched alkanes of at least 4 members (excludes halogenated alkanes) is 3. The highest BCUT2D eigenvalue weighted by Gasteiger charge is 2.38. The summed E-state index contributed by atoms with van der Waals surface area (Å²) in [6.45, 7) is 14.4. The number of phenols is 1. The molecule has 1 saturated heterocycles. The fourth-order valence-electron chi connectivity index (χ4n) is 4.04. The van der Waals surface area contributed by atoms with Gasteiger partial charge in [-0.2, -0.15) is 0 Å². The predicted octanol–water partition coefficient (Wildman–Crippen LogP) is 4.68. The van der Waals surface area contributed by atoms with E-state index < -0.39 is 0 Å². The Labute approximate surface area is 154 Å². The summed E-state index contributed by atoms with van der Waals surface area (Å²) in [4.78, 5) is 2.64. The van der Waals surface area contributed by atoms with Crippen molar-refractivity contribution < 1.29 is 5.11 Å². The largest absolute Gasteiger partial charge is 0.508 e. The van der Waals surface area contributed by atoms with Gasteiger partial charge in [0.15, 0.2) is 0 Å². The zero-order valence-electron chi connectivity index (χ0n) is 16.8. The summed E-state index contributed by atoms with van der Waals surface area (Å²) in [5.74, 6) is 1.04. The van der Waals surface area contributed by atoms with Crippen LogP contribution >= 0.6 is 0 Å². The molecule has 0 radical (unpaired) electrons. The Kier molecular flexibility index (Phi) is 7.77. The van der Waals surface area contributed by atoms with Crippen molar-refractivity contribution in [2.45, 2.75) is 71.8 Å². The van der Waals surface area contributed by atoms with Gasteiger partial charge in [-0.15, -0.1) is 0 Å². The lowest BCUT2D eigenvalue weighted by Crippen LogP contribution is -2.47. The van der Waals surface area contributed by atoms with Crippen molar-refractivity contribution >= 4 is 0 Å². The second kappa shape index (κ2) is 9.59. The summed E-state index contributed by atoms with van der Waals surface area (Å²) in [5.41, 5.74) is 2.45. The molecule has 25 heavy (non-hydrogen) atoms. The number of benzene rings is 1. The van der Waals surface area contributed by atoms with Crippen molar-refractivity contribution in [3.63, 3.8) is 0 Å². The van der Waals surface area contributed by atoms with Crippen molar-refractivity contribution in [3.05, 3.63) is 29.3 Å². The van der Waals surface area contributed by atoms with Crippen LogP contribution in [0.2, 0.25) is 0 Å². The van der Waals surface area contributed by atoms with E-state index in [0.29, 0.717) is 11.7 Å². The first-order chi connectivity index (χ1) is 12.0. The lowest BCUT2D eigenvalue weighted by atomic mass is 9.68. The summed E-state index contributed by atoms with van der Waals surface area (Å²) in [7, 11) is 0. The van der Waals surface area contributed by atoms with Gasteiger partial charge in [0.05, 0.1) is 0 Å². The minimum atomic E-state index is 0.161. The van der Waals surface area contributed by atoms with Crippen molar-refractivity contribution in [1.29, 1.82) is 0 Å². The molecule has 142 valence electrons. The quantitative estimate of drug-likeness (QED) is 0.637. The molecular formula is C22H38N2O. The van der Waals surface area contributed by atoms with Gasteiger partial charge in [-0.3, -0.25) is 0 Å². The topological polar surface area (TPSA) is 35.5 Å². The number of piperidine rings is 1. The van der Waals surface area contributed by atoms with Crippen LogP contribution in [-0.2, 0) is 12.0 Å². The minimum Gasteiger partial charge on any atom is -0.508 e. The van der Waals surface area contributed by atoms with Crippen LogP contribution in [0.5, 0.6) is 5.75 Å². The molecule has 0 amide bonds. The number of aromatic hydroxyl groups is 1. The minimum absolute atomic E-state index is 0.161. The molecule has 2 atom stereocenters. The summed E-state index contributed by atoms with van der Waals surface area (Å²) in [6, 6.07) is 6.35. The average molecular weight is 347 g/mol. The fourth-order valence-corrected chi connectivity index (χ4v) is 4.04. The summed E-state index contributed by atoms with van der Waals surface area (Å²) >= 11 is 0. The van der Waals surface area contributed by atoms with E-state index in [1.807, 2.05) is 6.07 Å². The van der Waals surface area contributed by atoms with Gasteiger partial charge in [0, 0.05) is 18.7 Å². The van der Waals surface area contributed by atoms with E-state index in [1.54, 1.807) is 0 Å². The Hall–Kier alpha value is -1.06. The average Bonchev–Trinajstić information content (AvgIpc) is 2.60. The van der Waals surface area contributed by atoms with Gasteiger partial charge in [-0.05, 0) is 55.4 Å². The molecule has 0 unspecified atom stereocenters. The highest BCUT2D eigenvalue weighted by molar-refractivity contribution is 5.40. The molecule has 0 aliphatic carbocycles. The van der Waals surface area contributed by atoms with Crippen LogP contribution in [0.3, 0.4) is 0 Å². The monoisotopic (exact) mass is 346 g/mol. The fraction of sp³-hybridized carbons (Fsp3) is 0.727. The maximum atomic E-state index is 10.4. The van der Waals surface area contributed by atoms with Crippen LogP contribution in [0.1, 0.15) is 70.9 Å². The Morgan fingerprint density at radius 2 is 2.04 bits per heavy atom. The Balaban J connectivity index is 1.98. The van der Waals surface area contributed by atoms with E-state index in [9.17, 15) is 5.11 Å². The molecule has 0 saturated carbocycles. The number of phenolic OH excluding ortho intramolecular Hbond substituents is 1. The molecule has 0 bridgehead atoms. The maximum absolute atomic E-state index is 10.4. The van der Waals surface area contributed by atoms with E-state index in [4.69, 9.17) is 0 Å². The second-order valence-electron chi connectivity index (χ2n) is 8.05. The third-order valence-corrected chi connectivity index (χ3v) is 6.21. The van der Waals surface area contributed by atoms with E-state index >= 15 is 0 Å². The normalized spacial score (nSPS) is 24.6. The van der Waals surface area contributed by atoms with Crippen LogP contribution in [0.25, 0.3) is 0 Å². The Morgan fingerprint density at radius 1 is 1.24 bits per heavy atom. The van der Waals surface area contributed by atoms with E-state index in [1.165, 1.54) is 57.3 Å². The Bertz CT molecular complexity index is 531. The molecule has 1 aromatic carbocycles. The standard InChI is InChI=1S/C22H38N2O/c1-5-7-8-9-13-24-14-12-22(4,18(3)17-24)20-11-10-19(16-23-6-2)21(25)15-20/h10-11,15,18,23,25H,5-9,12-14,16-17H2,1-4H3/t18-,22-/m0/s1. The maximum Gasteiger partial charge on any atom is 0.120 e. The molecule has 1 aliphatic rings. The number of hydrogen-bond donors (Lipinski definition) is 2. The summed E-state index contributed by atoms with van der Waals surface area (Å²) in [6.07, 6.45) is 6.53. The molecule has 0 spiro atoms. The van der Waals surface area contributed by atoms with Gasteiger partial charge in [0.1, 0.15) is 5.75 Å². The van der Waals surface area contributed by atoms with Crippen molar-refractivity contribution in [1.82, 2.24) is 10.2 Å². The first-order valence-electron chi connectivity index (χ1n) is 10.3. The van der Waals surface area contributed by atoms with E-state index in [-0.39, 0.29) is 5.41 Å². The molecule has 1 aliphatic heterocycles. The van der Waals surface area contributed by atoms with Crippen LogP contribution < -0.4 is 5.32 Å². The zero-order valence-corrected chi connectivity index (χ0v) is 16.8. The molecule has 1 aromatic rings. The zero-order chi connectivity index (χ0) is 18.3.